The molecule has 1 atom stereocenters. The summed E-state index contributed by atoms with van der Waals surface area (Å²) >= 11 is 0. The topological polar surface area (TPSA) is 102 Å². The van der Waals surface area contributed by atoms with Crippen LogP contribution in [0.3, 0.4) is 0 Å². The Kier molecular flexibility index (Phi) is 6.34. The van der Waals surface area contributed by atoms with Crippen LogP contribution in [0.1, 0.15) is 31.7 Å². The number of benzene rings is 2. The summed E-state index contributed by atoms with van der Waals surface area (Å²) in [6.45, 7) is 1.98. The molecular formula is C24H28N2O6S. The van der Waals surface area contributed by atoms with Crippen molar-refractivity contribution in [3.05, 3.63) is 42.0 Å². The lowest BCUT2D eigenvalue weighted by Crippen LogP contribution is -2.36. The number of ether oxygens (including phenoxy) is 2. The van der Waals surface area contributed by atoms with Gasteiger partial charge in [-0.3, -0.25) is 9.59 Å². The van der Waals surface area contributed by atoms with E-state index < -0.39 is 15.7 Å². The molecule has 1 saturated carbocycles. The standard InChI is InChI=1S/C24H28N2O6S/c1-15-10-17-11-21(6-7-22(17)26(15)24(28)16-4-5-16)33(29,30)9-8-23(27)25-18-12-19(31-2)14-20(13-18)32-3/h6-7,11-16H,4-5,8-10H2,1-3H3,(H,25,27)/t15-/m1/s1. The third kappa shape index (κ3) is 4.98. The molecule has 2 aliphatic rings. The Balaban J connectivity index is 1.43. The molecule has 33 heavy (non-hydrogen) atoms. The average Bonchev–Trinajstić information content (AvgIpc) is 3.59. The van der Waals surface area contributed by atoms with Crippen LogP contribution in [0.25, 0.3) is 0 Å². The van der Waals surface area contributed by atoms with E-state index in [1.807, 2.05) is 6.92 Å². The minimum Gasteiger partial charge on any atom is -0.497 e. The Morgan fingerprint density at radius 1 is 1.06 bits per heavy atom. The molecule has 9 heteroatoms. The lowest BCUT2D eigenvalue weighted by atomic mass is 10.1. The number of amides is 2. The molecule has 4 rings (SSSR count). The predicted octanol–water partition coefficient (Wildman–Crippen LogP) is 3.19. The lowest BCUT2D eigenvalue weighted by molar-refractivity contribution is -0.120. The van der Waals surface area contributed by atoms with Crippen LogP contribution in [-0.4, -0.2) is 46.2 Å². The number of rotatable bonds is 8. The molecule has 0 unspecified atom stereocenters. The monoisotopic (exact) mass is 472 g/mol. The first-order chi connectivity index (χ1) is 15.7. The van der Waals surface area contributed by atoms with Gasteiger partial charge in [0.25, 0.3) is 0 Å². The third-order valence-corrected chi connectivity index (χ3v) is 7.74. The fraction of sp³-hybridized carbons (Fsp3) is 0.417. The van der Waals surface area contributed by atoms with Crippen molar-refractivity contribution < 1.29 is 27.5 Å². The Bertz CT molecular complexity index is 1170. The molecule has 2 amide bonds. The van der Waals surface area contributed by atoms with Crippen molar-refractivity contribution in [2.75, 3.05) is 30.2 Å². The Morgan fingerprint density at radius 3 is 2.33 bits per heavy atom. The van der Waals surface area contributed by atoms with Gasteiger partial charge >= 0.3 is 0 Å². The van der Waals surface area contributed by atoms with Crippen LogP contribution < -0.4 is 19.7 Å². The highest BCUT2D eigenvalue weighted by Gasteiger charge is 2.39. The number of sulfone groups is 1. The number of carbonyl (C=O) groups excluding carboxylic acids is 2. The molecule has 0 aromatic heterocycles. The molecule has 0 saturated heterocycles. The summed E-state index contributed by atoms with van der Waals surface area (Å²) in [6, 6.07) is 9.84. The van der Waals surface area contributed by atoms with Gasteiger partial charge in [0, 0.05) is 48.0 Å². The number of nitrogens with zero attached hydrogens (tertiary/aromatic N) is 1. The van der Waals surface area contributed by atoms with Crippen molar-refractivity contribution in [3.8, 4) is 11.5 Å². The van der Waals surface area contributed by atoms with Crippen molar-refractivity contribution in [2.24, 2.45) is 5.92 Å². The quantitative estimate of drug-likeness (QED) is 0.633. The van der Waals surface area contributed by atoms with Crippen molar-refractivity contribution in [1.82, 2.24) is 0 Å². The van der Waals surface area contributed by atoms with E-state index in [1.165, 1.54) is 20.3 Å². The van der Waals surface area contributed by atoms with E-state index in [0.717, 1.165) is 24.1 Å². The lowest BCUT2D eigenvalue weighted by Gasteiger charge is -2.22. The molecule has 2 aromatic rings. The van der Waals surface area contributed by atoms with Gasteiger partial charge in [-0.25, -0.2) is 8.42 Å². The zero-order valence-electron chi connectivity index (χ0n) is 19.0. The average molecular weight is 473 g/mol. The van der Waals surface area contributed by atoms with Gasteiger partial charge in [-0.15, -0.1) is 0 Å². The molecule has 2 aromatic carbocycles. The smallest absolute Gasteiger partial charge is 0.230 e. The van der Waals surface area contributed by atoms with Crippen LogP contribution in [0, 0.1) is 5.92 Å². The number of fused-ring (bicyclic) bond motifs is 1. The first-order valence-electron chi connectivity index (χ1n) is 10.9. The summed E-state index contributed by atoms with van der Waals surface area (Å²) in [5.74, 6) is 0.508. The zero-order valence-corrected chi connectivity index (χ0v) is 19.8. The highest BCUT2D eigenvalue weighted by Crippen LogP contribution is 2.39. The van der Waals surface area contributed by atoms with Gasteiger partial charge in [0.1, 0.15) is 11.5 Å². The largest absolute Gasteiger partial charge is 0.497 e. The van der Waals surface area contributed by atoms with Gasteiger partial charge in [-0.2, -0.15) is 0 Å². The van der Waals surface area contributed by atoms with Gasteiger partial charge in [-0.05, 0) is 49.9 Å². The highest BCUT2D eigenvalue weighted by molar-refractivity contribution is 7.91. The van der Waals surface area contributed by atoms with Gasteiger partial charge in [0.2, 0.25) is 11.8 Å². The van der Waals surface area contributed by atoms with Crippen LogP contribution >= 0.6 is 0 Å². The number of carbonyl (C=O) groups is 2. The van der Waals surface area contributed by atoms with Gasteiger partial charge in [0.05, 0.1) is 24.9 Å². The zero-order chi connectivity index (χ0) is 23.8. The van der Waals surface area contributed by atoms with Crippen molar-refractivity contribution in [3.63, 3.8) is 0 Å². The number of hydrogen-bond donors (Lipinski definition) is 1. The van der Waals surface area contributed by atoms with Gasteiger partial charge < -0.3 is 19.7 Å². The molecule has 1 aliphatic carbocycles. The summed E-state index contributed by atoms with van der Waals surface area (Å²) in [6.07, 6.45) is 2.28. The van der Waals surface area contributed by atoms with Gasteiger partial charge in [-0.1, -0.05) is 0 Å². The number of hydrogen-bond acceptors (Lipinski definition) is 6. The first kappa shape index (κ1) is 23.1. The molecule has 176 valence electrons. The molecule has 1 heterocycles. The number of methoxy groups -OCH3 is 2. The fourth-order valence-corrected chi connectivity index (χ4v) is 5.40. The van der Waals surface area contributed by atoms with Crippen molar-refractivity contribution in [2.45, 2.75) is 43.5 Å². The maximum Gasteiger partial charge on any atom is 0.230 e. The molecule has 1 N–H and O–H groups in total. The molecule has 0 radical (unpaired) electrons. The van der Waals surface area contributed by atoms with Crippen LogP contribution in [0.5, 0.6) is 11.5 Å². The van der Waals surface area contributed by atoms with Crippen LogP contribution in [0.15, 0.2) is 41.3 Å². The molecule has 1 fully saturated rings. The van der Waals surface area contributed by atoms with Crippen molar-refractivity contribution in [1.29, 1.82) is 0 Å². The van der Waals surface area contributed by atoms with E-state index in [9.17, 15) is 18.0 Å². The van der Waals surface area contributed by atoms with E-state index in [0.29, 0.717) is 23.6 Å². The Morgan fingerprint density at radius 2 is 1.73 bits per heavy atom. The predicted molar refractivity (Wildman–Crippen MR) is 125 cm³/mol. The molecule has 1 aliphatic heterocycles. The summed E-state index contributed by atoms with van der Waals surface area (Å²) in [4.78, 5) is 27.0. The SMILES string of the molecule is COc1cc(NC(=O)CCS(=O)(=O)c2ccc3c(c2)C[C@@H](C)N3C(=O)C2CC2)cc(OC)c1. The second kappa shape index (κ2) is 9.05. The van der Waals surface area contributed by atoms with Crippen LogP contribution in [-0.2, 0) is 25.8 Å². The minimum atomic E-state index is -3.67. The van der Waals surface area contributed by atoms with E-state index in [1.54, 1.807) is 35.2 Å². The highest BCUT2D eigenvalue weighted by atomic mass is 32.2. The van der Waals surface area contributed by atoms with Crippen molar-refractivity contribution >= 4 is 33.0 Å². The minimum absolute atomic E-state index is 0.0108. The first-order valence-corrected chi connectivity index (χ1v) is 12.6. The maximum absolute atomic E-state index is 12.9. The van der Waals surface area contributed by atoms with E-state index in [2.05, 4.69) is 5.32 Å². The number of anilines is 2. The fourth-order valence-electron chi connectivity index (χ4n) is 4.11. The summed E-state index contributed by atoms with van der Waals surface area (Å²) in [5, 5.41) is 2.69. The Hall–Kier alpha value is -3.07. The number of nitrogens with one attached hydrogen (secondary N) is 1. The van der Waals surface area contributed by atoms with Crippen LogP contribution in [0.2, 0.25) is 0 Å². The normalized spacial score (nSPS) is 17.4. The third-order valence-electron chi connectivity index (χ3n) is 6.02. The van der Waals surface area contributed by atoms with Crippen LogP contribution in [0.4, 0.5) is 11.4 Å². The van der Waals surface area contributed by atoms with E-state index in [4.69, 9.17) is 9.47 Å². The Labute approximate surface area is 193 Å². The van der Waals surface area contributed by atoms with E-state index in [-0.39, 0.29) is 34.9 Å². The second-order valence-electron chi connectivity index (χ2n) is 8.54. The summed E-state index contributed by atoms with van der Waals surface area (Å²) in [7, 11) is -0.657. The summed E-state index contributed by atoms with van der Waals surface area (Å²) < 4.78 is 36.2. The maximum atomic E-state index is 12.9. The molecule has 0 spiro atoms. The van der Waals surface area contributed by atoms with E-state index >= 15 is 0 Å². The molecule has 0 bridgehead atoms. The summed E-state index contributed by atoms with van der Waals surface area (Å²) in [5.41, 5.74) is 2.11. The molecule has 8 nitrogen and oxygen atoms in total. The van der Waals surface area contributed by atoms with Gasteiger partial charge in [0.15, 0.2) is 9.84 Å². The second-order valence-corrected chi connectivity index (χ2v) is 10.7. The molecular weight excluding hydrogens is 444 g/mol.